The van der Waals surface area contributed by atoms with Gasteiger partial charge in [0.05, 0.1) is 16.6 Å². The Bertz CT molecular complexity index is 3310. The van der Waals surface area contributed by atoms with Crippen LogP contribution in [0, 0.1) is 0 Å². The van der Waals surface area contributed by atoms with Crippen LogP contribution < -0.4 is 0 Å². The zero-order valence-corrected chi connectivity index (χ0v) is 33.4. The average Bonchev–Trinajstić information content (AvgIpc) is 3.69. The Morgan fingerprint density at radius 1 is 0.279 bits per heavy atom. The summed E-state index contributed by atoms with van der Waals surface area (Å²) in [5, 5.41) is 2.15. The van der Waals surface area contributed by atoms with E-state index < -0.39 is 0 Å². The molecule has 0 atom stereocenters. The molecular weight excluding hydrogens is 739 g/mol. The summed E-state index contributed by atoms with van der Waals surface area (Å²) >= 11 is 0. The molecule has 0 saturated carbocycles. The molecule has 0 fully saturated rings. The monoisotopic (exact) mass is 777 g/mol. The molecule has 0 aliphatic carbocycles. The first-order chi connectivity index (χ1) is 30.2. The Morgan fingerprint density at radius 3 is 1.20 bits per heavy atom. The van der Waals surface area contributed by atoms with Crippen LogP contribution in [0.2, 0.25) is 0 Å². The van der Waals surface area contributed by atoms with Crippen molar-refractivity contribution >= 4 is 21.9 Å². The third-order valence-electron chi connectivity index (χ3n) is 11.6. The lowest BCUT2D eigenvalue weighted by atomic mass is 9.95. The number of rotatable bonds is 8. The van der Waals surface area contributed by atoms with Crippen LogP contribution in [0.15, 0.2) is 237 Å². The second-order valence-corrected chi connectivity index (χ2v) is 15.4. The Morgan fingerprint density at radius 2 is 0.656 bits per heavy atom. The SMILES string of the molecule is c1ccc(-c2ccc(-c3ccc(-c4nc(-c5cccc(-c6cccc(-c7cccc(-c8ccccc8)c7)c6)c5)nc5c4c4ccccc4n5-c4ccccc4)cc3)cc2)cc1. The molecule has 0 aliphatic heterocycles. The number of nitrogens with zero attached hydrogens (tertiary/aromatic N) is 3. The van der Waals surface area contributed by atoms with Crippen LogP contribution in [-0.2, 0) is 0 Å². The molecule has 2 heterocycles. The highest BCUT2D eigenvalue weighted by molar-refractivity contribution is 6.14. The van der Waals surface area contributed by atoms with Gasteiger partial charge in [0.2, 0.25) is 0 Å². The summed E-state index contributed by atoms with van der Waals surface area (Å²) in [5.74, 6) is 0.677. The fraction of sp³-hybridized carbons (Fsp3) is 0. The quantitative estimate of drug-likeness (QED) is 0.154. The number of fused-ring (bicyclic) bond motifs is 3. The average molecular weight is 778 g/mol. The minimum atomic E-state index is 0.677. The highest BCUT2D eigenvalue weighted by Crippen LogP contribution is 2.39. The van der Waals surface area contributed by atoms with Crippen LogP contribution in [0.4, 0.5) is 0 Å². The van der Waals surface area contributed by atoms with E-state index in [9.17, 15) is 0 Å². The Balaban J connectivity index is 1.02. The molecule has 11 aromatic rings. The lowest BCUT2D eigenvalue weighted by Crippen LogP contribution is -1.99. The molecule has 286 valence electrons. The zero-order valence-electron chi connectivity index (χ0n) is 33.4. The first kappa shape index (κ1) is 36.0. The second kappa shape index (κ2) is 15.6. The summed E-state index contributed by atoms with van der Waals surface area (Å²) in [4.78, 5) is 10.9. The van der Waals surface area contributed by atoms with Gasteiger partial charge >= 0.3 is 0 Å². The lowest BCUT2D eigenvalue weighted by molar-refractivity contribution is 1.11. The van der Waals surface area contributed by atoms with Crippen LogP contribution in [0.3, 0.4) is 0 Å². The minimum absolute atomic E-state index is 0.677. The van der Waals surface area contributed by atoms with E-state index in [1.165, 1.54) is 38.9 Å². The molecule has 0 N–H and O–H groups in total. The maximum absolute atomic E-state index is 5.46. The molecule has 3 heteroatoms. The Labute approximate surface area is 355 Å². The number of aromatic nitrogens is 3. The van der Waals surface area contributed by atoms with Crippen molar-refractivity contribution in [2.24, 2.45) is 0 Å². The predicted molar refractivity (Wildman–Crippen MR) is 254 cm³/mol. The van der Waals surface area contributed by atoms with Crippen molar-refractivity contribution in [1.82, 2.24) is 14.5 Å². The molecule has 0 aliphatic rings. The minimum Gasteiger partial charge on any atom is -0.294 e. The van der Waals surface area contributed by atoms with Gasteiger partial charge in [0.25, 0.3) is 0 Å². The molecule has 61 heavy (non-hydrogen) atoms. The zero-order chi connectivity index (χ0) is 40.5. The highest BCUT2D eigenvalue weighted by Gasteiger charge is 2.21. The molecule has 9 aromatic carbocycles. The van der Waals surface area contributed by atoms with Crippen molar-refractivity contribution in [3.8, 4) is 84.0 Å². The Kier molecular flexibility index (Phi) is 9.18. The van der Waals surface area contributed by atoms with Crippen molar-refractivity contribution in [2.75, 3.05) is 0 Å². The van der Waals surface area contributed by atoms with Gasteiger partial charge in [-0.1, -0.05) is 200 Å². The summed E-state index contributed by atoms with van der Waals surface area (Å²) in [6, 6.07) is 84.0. The fourth-order valence-corrected chi connectivity index (χ4v) is 8.56. The smallest absolute Gasteiger partial charge is 0.162 e. The first-order valence-electron chi connectivity index (χ1n) is 20.7. The standard InChI is InChI=1S/C58H39N3/c1-4-15-40(16-5-1)42-29-31-43(32-30-42)44-33-35-45(36-34-44)56-55-53-27-10-11-28-54(53)61(52-25-8-3-9-26-52)58(55)60-57(59-56)51-24-14-23-50(39-51)49-22-13-21-48(38-49)47-20-12-19-46(37-47)41-17-6-2-7-18-41/h1-39H. The van der Waals surface area contributed by atoms with Gasteiger partial charge in [-0.3, -0.25) is 4.57 Å². The van der Waals surface area contributed by atoms with Gasteiger partial charge in [0.15, 0.2) is 5.82 Å². The molecule has 0 spiro atoms. The van der Waals surface area contributed by atoms with Gasteiger partial charge < -0.3 is 0 Å². The van der Waals surface area contributed by atoms with Gasteiger partial charge in [-0.05, 0) is 92.0 Å². The van der Waals surface area contributed by atoms with Gasteiger partial charge in [0.1, 0.15) is 5.65 Å². The number of hydrogen-bond donors (Lipinski definition) is 0. The predicted octanol–water partition coefficient (Wildman–Crippen LogP) is 15.2. The van der Waals surface area contributed by atoms with E-state index in [-0.39, 0.29) is 0 Å². The summed E-state index contributed by atoms with van der Waals surface area (Å²) < 4.78 is 2.28. The topological polar surface area (TPSA) is 30.7 Å². The first-order valence-corrected chi connectivity index (χ1v) is 20.7. The van der Waals surface area contributed by atoms with E-state index in [4.69, 9.17) is 9.97 Å². The van der Waals surface area contributed by atoms with Crippen molar-refractivity contribution in [3.63, 3.8) is 0 Å². The van der Waals surface area contributed by atoms with Crippen LogP contribution in [0.5, 0.6) is 0 Å². The summed E-state index contributed by atoms with van der Waals surface area (Å²) in [6.07, 6.45) is 0. The number of benzene rings is 9. The molecule has 0 bridgehead atoms. The van der Waals surface area contributed by atoms with Crippen molar-refractivity contribution in [2.45, 2.75) is 0 Å². The molecule has 0 radical (unpaired) electrons. The van der Waals surface area contributed by atoms with Crippen molar-refractivity contribution in [1.29, 1.82) is 0 Å². The van der Waals surface area contributed by atoms with E-state index in [1.54, 1.807) is 0 Å². The van der Waals surface area contributed by atoms with E-state index in [0.717, 1.165) is 61.1 Å². The maximum atomic E-state index is 5.46. The van der Waals surface area contributed by atoms with E-state index in [2.05, 4.69) is 241 Å². The van der Waals surface area contributed by atoms with Crippen molar-refractivity contribution < 1.29 is 0 Å². The Hall–Kier alpha value is -8.14. The summed E-state index contributed by atoms with van der Waals surface area (Å²) in [6.45, 7) is 0. The molecule has 11 rings (SSSR count). The summed E-state index contributed by atoms with van der Waals surface area (Å²) in [5.41, 5.74) is 17.7. The molecule has 2 aromatic heterocycles. The van der Waals surface area contributed by atoms with Crippen LogP contribution in [0.1, 0.15) is 0 Å². The lowest BCUT2D eigenvalue weighted by Gasteiger charge is -2.12. The van der Waals surface area contributed by atoms with E-state index in [0.29, 0.717) is 5.82 Å². The normalized spacial score (nSPS) is 11.3. The molecule has 3 nitrogen and oxygen atoms in total. The molecule has 0 unspecified atom stereocenters. The van der Waals surface area contributed by atoms with Crippen LogP contribution in [0.25, 0.3) is 106 Å². The maximum Gasteiger partial charge on any atom is 0.162 e. The summed E-state index contributed by atoms with van der Waals surface area (Å²) in [7, 11) is 0. The third-order valence-corrected chi connectivity index (χ3v) is 11.6. The largest absolute Gasteiger partial charge is 0.294 e. The van der Waals surface area contributed by atoms with Gasteiger partial charge in [0, 0.05) is 22.2 Å². The van der Waals surface area contributed by atoms with Gasteiger partial charge in [-0.25, -0.2) is 9.97 Å². The van der Waals surface area contributed by atoms with Gasteiger partial charge in [-0.15, -0.1) is 0 Å². The van der Waals surface area contributed by atoms with E-state index >= 15 is 0 Å². The van der Waals surface area contributed by atoms with Crippen LogP contribution in [-0.4, -0.2) is 14.5 Å². The second-order valence-electron chi connectivity index (χ2n) is 15.4. The van der Waals surface area contributed by atoms with Crippen LogP contribution >= 0.6 is 0 Å². The molecule has 0 saturated heterocycles. The number of hydrogen-bond acceptors (Lipinski definition) is 2. The van der Waals surface area contributed by atoms with E-state index in [1.807, 2.05) is 0 Å². The number of para-hydroxylation sites is 2. The van der Waals surface area contributed by atoms with Crippen molar-refractivity contribution in [3.05, 3.63) is 237 Å². The molecular formula is C58H39N3. The third kappa shape index (κ3) is 6.88. The molecule has 0 amide bonds. The highest BCUT2D eigenvalue weighted by atomic mass is 15.1. The fourth-order valence-electron chi connectivity index (χ4n) is 8.56. The van der Waals surface area contributed by atoms with Gasteiger partial charge in [-0.2, -0.15) is 0 Å².